The van der Waals surface area contributed by atoms with Crippen molar-refractivity contribution in [1.29, 1.82) is 0 Å². The van der Waals surface area contributed by atoms with E-state index in [1.165, 1.54) is 46.0 Å². The third kappa shape index (κ3) is 5.84. The van der Waals surface area contributed by atoms with Gasteiger partial charge in [-0.3, -0.25) is 0 Å². The summed E-state index contributed by atoms with van der Waals surface area (Å²) in [5.74, 6) is -0.246. The molecule has 1 rings (SSSR count). The molecule has 0 spiro atoms. The molecule has 0 unspecified atom stereocenters. The van der Waals surface area contributed by atoms with Gasteiger partial charge in [-0.25, -0.2) is 4.79 Å². The van der Waals surface area contributed by atoms with Crippen LogP contribution in [0.2, 0.25) is 0 Å². The van der Waals surface area contributed by atoms with Crippen LogP contribution in [-0.4, -0.2) is 50.7 Å². The normalized spacial score (nSPS) is 17.4. The second kappa shape index (κ2) is 8.25. The van der Waals surface area contributed by atoms with E-state index in [-0.39, 0.29) is 5.97 Å². The first-order valence-corrected chi connectivity index (χ1v) is 6.42. The van der Waals surface area contributed by atoms with Crippen molar-refractivity contribution in [3.05, 3.63) is 11.6 Å². The van der Waals surface area contributed by atoms with Gasteiger partial charge in [-0.1, -0.05) is 6.08 Å². The molecule has 1 fully saturated rings. The van der Waals surface area contributed by atoms with Crippen molar-refractivity contribution in [2.75, 3.05) is 39.8 Å². The van der Waals surface area contributed by atoms with Crippen LogP contribution < -0.4 is 5.32 Å². The molecule has 0 saturated carbocycles. The van der Waals surface area contributed by atoms with Crippen molar-refractivity contribution in [2.24, 2.45) is 0 Å². The third-order valence-corrected chi connectivity index (χ3v) is 3.09. The van der Waals surface area contributed by atoms with Crippen LogP contribution in [0.5, 0.6) is 0 Å². The molecule has 1 aliphatic heterocycles. The van der Waals surface area contributed by atoms with Gasteiger partial charge in [0.1, 0.15) is 0 Å². The molecular formula is C13H24N2O2. The number of esters is 1. The van der Waals surface area contributed by atoms with E-state index in [0.717, 1.165) is 13.1 Å². The molecule has 17 heavy (non-hydrogen) atoms. The number of ether oxygens (including phenoxy) is 1. The second-order valence-corrected chi connectivity index (χ2v) is 4.49. The van der Waals surface area contributed by atoms with Gasteiger partial charge in [0.2, 0.25) is 0 Å². The predicted octanol–water partition coefficient (Wildman–Crippen LogP) is 1.18. The molecule has 4 heteroatoms. The number of hydrogen-bond donors (Lipinski definition) is 1. The van der Waals surface area contributed by atoms with Gasteiger partial charge in [0.05, 0.1) is 7.11 Å². The van der Waals surface area contributed by atoms with Crippen molar-refractivity contribution in [3.63, 3.8) is 0 Å². The Morgan fingerprint density at radius 3 is 2.76 bits per heavy atom. The summed E-state index contributed by atoms with van der Waals surface area (Å²) in [5.41, 5.74) is 0.666. The minimum Gasteiger partial charge on any atom is -0.466 e. The topological polar surface area (TPSA) is 41.6 Å². The second-order valence-electron chi connectivity index (χ2n) is 4.49. The average molecular weight is 240 g/mol. The van der Waals surface area contributed by atoms with E-state index in [1.807, 2.05) is 6.08 Å². The Morgan fingerprint density at radius 1 is 1.41 bits per heavy atom. The molecule has 0 amide bonds. The molecule has 0 aromatic heterocycles. The molecule has 0 aliphatic carbocycles. The molecule has 0 radical (unpaired) electrons. The summed E-state index contributed by atoms with van der Waals surface area (Å²) >= 11 is 0. The van der Waals surface area contributed by atoms with Gasteiger partial charge in [-0.15, -0.1) is 0 Å². The minimum atomic E-state index is -0.246. The first kappa shape index (κ1) is 14.2. The first-order chi connectivity index (χ1) is 8.24. The molecule has 0 aromatic carbocycles. The molecule has 1 N–H and O–H groups in total. The maximum atomic E-state index is 11.1. The van der Waals surface area contributed by atoms with Crippen molar-refractivity contribution in [3.8, 4) is 0 Å². The molecule has 4 nitrogen and oxygen atoms in total. The van der Waals surface area contributed by atoms with E-state index in [2.05, 4.69) is 15.0 Å². The zero-order chi connectivity index (χ0) is 12.5. The van der Waals surface area contributed by atoms with Crippen LogP contribution in [0, 0.1) is 0 Å². The molecular weight excluding hydrogens is 216 g/mol. The van der Waals surface area contributed by atoms with Crippen molar-refractivity contribution in [1.82, 2.24) is 10.2 Å². The lowest BCUT2D eigenvalue weighted by Crippen LogP contribution is -2.25. The van der Waals surface area contributed by atoms with E-state index in [4.69, 9.17) is 0 Å². The van der Waals surface area contributed by atoms with Crippen LogP contribution >= 0.6 is 0 Å². The van der Waals surface area contributed by atoms with Gasteiger partial charge >= 0.3 is 5.97 Å². The van der Waals surface area contributed by atoms with Crippen LogP contribution in [0.25, 0.3) is 0 Å². The van der Waals surface area contributed by atoms with E-state index in [1.54, 1.807) is 6.92 Å². The highest BCUT2D eigenvalue weighted by Crippen LogP contribution is 2.06. The van der Waals surface area contributed by atoms with Gasteiger partial charge in [0.15, 0.2) is 0 Å². The third-order valence-electron chi connectivity index (χ3n) is 3.09. The van der Waals surface area contributed by atoms with E-state index < -0.39 is 0 Å². The van der Waals surface area contributed by atoms with Gasteiger partial charge < -0.3 is 15.0 Å². The lowest BCUT2D eigenvalue weighted by molar-refractivity contribution is -0.136. The molecule has 1 heterocycles. The standard InChI is InChI=1S/C13H24N2O2/c1-12(13(16)17-2)6-8-14-7-5-11-15-9-3-4-10-15/h6,14H,3-5,7-11H2,1-2H3. The van der Waals surface area contributed by atoms with Crippen LogP contribution in [0.15, 0.2) is 11.6 Å². The fourth-order valence-electron chi connectivity index (χ4n) is 2.01. The van der Waals surface area contributed by atoms with Gasteiger partial charge in [-0.2, -0.15) is 0 Å². The molecule has 98 valence electrons. The number of likely N-dealkylation sites (tertiary alicyclic amines) is 1. The van der Waals surface area contributed by atoms with Crippen LogP contribution in [0.3, 0.4) is 0 Å². The summed E-state index contributed by atoms with van der Waals surface area (Å²) in [7, 11) is 1.41. The first-order valence-electron chi connectivity index (χ1n) is 6.42. The Bertz CT molecular complexity index is 258. The molecule has 1 saturated heterocycles. The summed E-state index contributed by atoms with van der Waals surface area (Å²) in [6.07, 6.45) is 5.76. The Hall–Kier alpha value is -0.870. The number of carbonyl (C=O) groups excluding carboxylic acids is 1. The molecule has 0 bridgehead atoms. The Balaban J connectivity index is 1.98. The quantitative estimate of drug-likeness (QED) is 0.412. The highest BCUT2D eigenvalue weighted by atomic mass is 16.5. The molecule has 0 aromatic rings. The van der Waals surface area contributed by atoms with Crippen molar-refractivity contribution >= 4 is 5.97 Å². The fourth-order valence-corrected chi connectivity index (χ4v) is 2.01. The van der Waals surface area contributed by atoms with Crippen LogP contribution in [0.1, 0.15) is 26.2 Å². The number of methoxy groups -OCH3 is 1. The average Bonchev–Trinajstić information content (AvgIpc) is 2.85. The SMILES string of the molecule is COC(=O)C(C)=CCNCCCN1CCCC1. The molecule has 0 atom stereocenters. The lowest BCUT2D eigenvalue weighted by atomic mass is 10.3. The zero-order valence-corrected chi connectivity index (χ0v) is 11.0. The van der Waals surface area contributed by atoms with Gasteiger partial charge in [0.25, 0.3) is 0 Å². The highest BCUT2D eigenvalue weighted by Gasteiger charge is 2.09. The predicted molar refractivity (Wildman–Crippen MR) is 68.9 cm³/mol. The number of hydrogen-bond acceptors (Lipinski definition) is 4. The minimum absolute atomic E-state index is 0.246. The summed E-state index contributed by atoms with van der Waals surface area (Å²) in [6.45, 7) is 7.23. The number of carbonyl (C=O) groups is 1. The Kier molecular flexibility index (Phi) is 6.89. The number of nitrogens with one attached hydrogen (secondary N) is 1. The summed E-state index contributed by atoms with van der Waals surface area (Å²) in [5, 5.41) is 3.31. The van der Waals surface area contributed by atoms with Gasteiger partial charge in [0, 0.05) is 12.1 Å². The van der Waals surface area contributed by atoms with Crippen molar-refractivity contribution in [2.45, 2.75) is 26.2 Å². The van der Waals surface area contributed by atoms with E-state index in [0.29, 0.717) is 5.57 Å². The van der Waals surface area contributed by atoms with Crippen LogP contribution in [-0.2, 0) is 9.53 Å². The summed E-state index contributed by atoms with van der Waals surface area (Å²) in [4.78, 5) is 13.6. The van der Waals surface area contributed by atoms with E-state index >= 15 is 0 Å². The summed E-state index contributed by atoms with van der Waals surface area (Å²) < 4.78 is 4.62. The van der Waals surface area contributed by atoms with Gasteiger partial charge in [-0.05, 0) is 52.4 Å². The Morgan fingerprint density at radius 2 is 2.12 bits per heavy atom. The largest absolute Gasteiger partial charge is 0.466 e. The fraction of sp³-hybridized carbons (Fsp3) is 0.769. The summed E-state index contributed by atoms with van der Waals surface area (Å²) in [6, 6.07) is 0. The maximum absolute atomic E-state index is 11.1. The smallest absolute Gasteiger partial charge is 0.333 e. The van der Waals surface area contributed by atoms with E-state index in [9.17, 15) is 4.79 Å². The number of rotatable bonds is 7. The number of nitrogens with zero attached hydrogens (tertiary/aromatic N) is 1. The zero-order valence-electron chi connectivity index (χ0n) is 11.0. The Labute approximate surface area is 104 Å². The lowest BCUT2D eigenvalue weighted by Gasteiger charge is -2.13. The monoisotopic (exact) mass is 240 g/mol. The van der Waals surface area contributed by atoms with Crippen LogP contribution in [0.4, 0.5) is 0 Å². The maximum Gasteiger partial charge on any atom is 0.333 e. The van der Waals surface area contributed by atoms with Crippen molar-refractivity contribution < 1.29 is 9.53 Å². The molecule has 1 aliphatic rings. The highest BCUT2D eigenvalue weighted by molar-refractivity contribution is 5.87.